The van der Waals surface area contributed by atoms with Crippen LogP contribution in [-0.4, -0.2) is 43.7 Å². The van der Waals surface area contributed by atoms with Gasteiger partial charge in [0, 0.05) is 6.42 Å². The van der Waals surface area contributed by atoms with Gasteiger partial charge in [-0.2, -0.15) is 0 Å². The average Bonchev–Trinajstić information content (AvgIpc) is 2.90. The third-order valence-electron chi connectivity index (χ3n) is 5.82. The Morgan fingerprint density at radius 2 is 1.71 bits per heavy atom. The Morgan fingerprint density at radius 3 is 2.54 bits per heavy atom. The van der Waals surface area contributed by atoms with Gasteiger partial charge >= 0.3 is 11.9 Å². The molecule has 0 spiro atoms. The minimum absolute atomic E-state index is 0.215. The molecule has 3 aromatic rings. The summed E-state index contributed by atoms with van der Waals surface area (Å²) in [5, 5.41) is 2.69. The number of nitrogens with one attached hydrogen (secondary N) is 1. The standard InChI is InChI=1S/C27H23NO7/c29-25(28-14-20-15-32-22-8-4-5-9-23(22)34-20)16-33-26(30)18-10-11-21-19(12-18)13-24(35-27(21)31)17-6-2-1-3-7-17/h1-12,20,24H,13-16H2,(H,28,29). The summed E-state index contributed by atoms with van der Waals surface area (Å²) in [6.07, 6.45) is -0.326. The van der Waals surface area contributed by atoms with Crippen molar-refractivity contribution in [1.82, 2.24) is 5.32 Å². The molecule has 3 aromatic carbocycles. The first-order valence-corrected chi connectivity index (χ1v) is 11.3. The molecule has 2 aliphatic heterocycles. The van der Waals surface area contributed by atoms with E-state index in [4.69, 9.17) is 18.9 Å². The van der Waals surface area contributed by atoms with Gasteiger partial charge in [0.2, 0.25) is 0 Å². The maximum atomic E-state index is 12.5. The molecule has 0 aromatic heterocycles. The number of benzene rings is 3. The monoisotopic (exact) mass is 473 g/mol. The highest BCUT2D eigenvalue weighted by Gasteiger charge is 2.28. The number of hydrogen-bond acceptors (Lipinski definition) is 7. The van der Waals surface area contributed by atoms with Crippen LogP contribution in [0.2, 0.25) is 0 Å². The van der Waals surface area contributed by atoms with Gasteiger partial charge in [0.1, 0.15) is 18.8 Å². The second-order valence-corrected chi connectivity index (χ2v) is 8.26. The normalized spacial score (nSPS) is 18.1. The molecule has 0 aliphatic carbocycles. The first-order chi connectivity index (χ1) is 17.1. The van der Waals surface area contributed by atoms with Crippen LogP contribution in [-0.2, 0) is 20.7 Å². The van der Waals surface area contributed by atoms with Crippen molar-refractivity contribution in [1.29, 1.82) is 0 Å². The molecule has 1 N–H and O–H groups in total. The molecule has 2 aliphatic rings. The molecule has 0 radical (unpaired) electrons. The average molecular weight is 473 g/mol. The molecule has 5 rings (SSSR count). The van der Waals surface area contributed by atoms with Crippen LogP contribution >= 0.6 is 0 Å². The molecule has 0 bridgehead atoms. The van der Waals surface area contributed by atoms with Crippen LogP contribution < -0.4 is 14.8 Å². The maximum absolute atomic E-state index is 12.5. The van der Waals surface area contributed by atoms with Crippen molar-refractivity contribution in [2.45, 2.75) is 18.6 Å². The van der Waals surface area contributed by atoms with Crippen LogP contribution in [0.5, 0.6) is 11.5 Å². The van der Waals surface area contributed by atoms with E-state index in [1.807, 2.05) is 48.5 Å². The first-order valence-electron chi connectivity index (χ1n) is 11.3. The number of hydrogen-bond donors (Lipinski definition) is 1. The van der Waals surface area contributed by atoms with E-state index in [0.29, 0.717) is 35.7 Å². The van der Waals surface area contributed by atoms with Crippen molar-refractivity contribution in [2.75, 3.05) is 19.8 Å². The molecule has 8 heteroatoms. The van der Waals surface area contributed by atoms with Crippen LogP contribution in [0.25, 0.3) is 0 Å². The number of esters is 2. The summed E-state index contributed by atoms with van der Waals surface area (Å²) in [7, 11) is 0. The Morgan fingerprint density at radius 1 is 0.943 bits per heavy atom. The molecule has 1 amide bonds. The SMILES string of the molecule is O=C(COC(=O)c1ccc2c(c1)CC(c1ccccc1)OC2=O)NCC1COc2ccccc2O1. The molecule has 2 unspecified atom stereocenters. The fourth-order valence-corrected chi connectivity index (χ4v) is 4.03. The number of fused-ring (bicyclic) bond motifs is 2. The summed E-state index contributed by atoms with van der Waals surface area (Å²) in [4.78, 5) is 37.2. The lowest BCUT2D eigenvalue weighted by atomic mass is 9.93. The number of carbonyl (C=O) groups is 3. The number of cyclic esters (lactones) is 1. The number of ether oxygens (including phenoxy) is 4. The molecular weight excluding hydrogens is 450 g/mol. The molecule has 0 fully saturated rings. The van der Waals surface area contributed by atoms with Gasteiger partial charge in [-0.25, -0.2) is 9.59 Å². The van der Waals surface area contributed by atoms with E-state index in [0.717, 1.165) is 5.56 Å². The minimum Gasteiger partial charge on any atom is -0.486 e. The highest BCUT2D eigenvalue weighted by atomic mass is 16.6. The minimum atomic E-state index is -0.649. The summed E-state index contributed by atoms with van der Waals surface area (Å²) in [5.74, 6) is -0.251. The van der Waals surface area contributed by atoms with Gasteiger partial charge in [-0.1, -0.05) is 42.5 Å². The van der Waals surface area contributed by atoms with Crippen molar-refractivity contribution in [2.24, 2.45) is 0 Å². The number of carbonyl (C=O) groups excluding carboxylic acids is 3. The molecule has 35 heavy (non-hydrogen) atoms. The highest BCUT2D eigenvalue weighted by molar-refractivity contribution is 5.96. The molecule has 0 saturated heterocycles. The van der Waals surface area contributed by atoms with Gasteiger partial charge in [0.25, 0.3) is 5.91 Å². The molecule has 0 saturated carbocycles. The maximum Gasteiger partial charge on any atom is 0.339 e. The molecule has 2 heterocycles. The zero-order chi connectivity index (χ0) is 24.2. The van der Waals surface area contributed by atoms with E-state index in [1.54, 1.807) is 18.2 Å². The zero-order valence-corrected chi connectivity index (χ0v) is 18.8. The molecule has 2 atom stereocenters. The Bertz CT molecular complexity index is 1260. The van der Waals surface area contributed by atoms with Crippen LogP contribution in [0.1, 0.15) is 37.9 Å². The summed E-state index contributed by atoms with van der Waals surface area (Å²) in [6.45, 7) is 0.0833. The molecule has 8 nitrogen and oxygen atoms in total. The van der Waals surface area contributed by atoms with Crippen molar-refractivity contribution in [3.8, 4) is 11.5 Å². The lowest BCUT2D eigenvalue weighted by molar-refractivity contribution is -0.124. The molecule has 178 valence electrons. The van der Waals surface area contributed by atoms with E-state index in [9.17, 15) is 14.4 Å². The summed E-state index contributed by atoms with van der Waals surface area (Å²) < 4.78 is 22.1. The van der Waals surface area contributed by atoms with Crippen LogP contribution in [0, 0.1) is 0 Å². The van der Waals surface area contributed by atoms with Gasteiger partial charge < -0.3 is 24.3 Å². The fraction of sp³-hybridized carbons (Fsp3) is 0.222. The third kappa shape index (κ3) is 5.11. The van der Waals surface area contributed by atoms with Crippen LogP contribution in [0.15, 0.2) is 72.8 Å². The smallest absolute Gasteiger partial charge is 0.339 e. The Hall–Kier alpha value is -4.33. The van der Waals surface area contributed by atoms with E-state index < -0.39 is 30.6 Å². The van der Waals surface area contributed by atoms with Gasteiger partial charge in [0.05, 0.1) is 17.7 Å². The summed E-state index contributed by atoms with van der Waals surface area (Å²) in [6, 6.07) is 21.4. The lowest BCUT2D eigenvalue weighted by Gasteiger charge is -2.26. The predicted octanol–water partition coefficient (Wildman–Crippen LogP) is 3.25. The van der Waals surface area contributed by atoms with Gasteiger partial charge in [-0.05, 0) is 41.5 Å². The largest absolute Gasteiger partial charge is 0.486 e. The van der Waals surface area contributed by atoms with E-state index in [-0.39, 0.29) is 18.2 Å². The van der Waals surface area contributed by atoms with Gasteiger partial charge in [0.15, 0.2) is 18.1 Å². The summed E-state index contributed by atoms with van der Waals surface area (Å²) in [5.41, 5.74) is 2.26. The quantitative estimate of drug-likeness (QED) is 0.549. The fourth-order valence-electron chi connectivity index (χ4n) is 4.03. The van der Waals surface area contributed by atoms with Crippen molar-refractivity contribution < 1.29 is 33.3 Å². The van der Waals surface area contributed by atoms with Crippen molar-refractivity contribution >= 4 is 17.8 Å². The van der Waals surface area contributed by atoms with Crippen molar-refractivity contribution in [3.63, 3.8) is 0 Å². The van der Waals surface area contributed by atoms with Gasteiger partial charge in [-0.15, -0.1) is 0 Å². The molecular formula is C27H23NO7. The second kappa shape index (κ2) is 9.89. The summed E-state index contributed by atoms with van der Waals surface area (Å²) >= 11 is 0. The number of amides is 1. The number of para-hydroxylation sites is 2. The van der Waals surface area contributed by atoms with E-state index >= 15 is 0 Å². The zero-order valence-electron chi connectivity index (χ0n) is 18.8. The van der Waals surface area contributed by atoms with Crippen molar-refractivity contribution in [3.05, 3.63) is 95.1 Å². The third-order valence-corrected chi connectivity index (χ3v) is 5.82. The van der Waals surface area contributed by atoms with Gasteiger partial charge in [-0.3, -0.25) is 4.79 Å². The topological polar surface area (TPSA) is 100 Å². The lowest BCUT2D eigenvalue weighted by Crippen LogP contribution is -2.42. The first kappa shape index (κ1) is 22.5. The predicted molar refractivity (Wildman–Crippen MR) is 124 cm³/mol. The van der Waals surface area contributed by atoms with Crippen LogP contribution in [0.4, 0.5) is 0 Å². The Balaban J connectivity index is 1.14. The Kier molecular flexibility index (Phi) is 6.34. The second-order valence-electron chi connectivity index (χ2n) is 8.26. The van der Waals surface area contributed by atoms with E-state index in [1.165, 1.54) is 6.07 Å². The highest BCUT2D eigenvalue weighted by Crippen LogP contribution is 2.32. The van der Waals surface area contributed by atoms with E-state index in [2.05, 4.69) is 5.32 Å². The van der Waals surface area contributed by atoms with Crippen LogP contribution in [0.3, 0.4) is 0 Å². The number of rotatable bonds is 6. The Labute approximate surface area is 201 Å².